The number of para-hydroxylation sites is 1. The Kier molecular flexibility index (Phi) is 2.54. The Morgan fingerprint density at radius 1 is 1.05 bits per heavy atom. The molecule has 100 valence electrons. The number of hydrogen-bond acceptors (Lipinski definition) is 2. The van der Waals surface area contributed by atoms with Crippen molar-refractivity contribution in [2.75, 3.05) is 6.61 Å². The lowest BCUT2D eigenvalue weighted by Gasteiger charge is -2.40. The first-order valence-electron chi connectivity index (χ1n) is 7.14. The summed E-state index contributed by atoms with van der Waals surface area (Å²) in [6, 6.07) is 19.0. The SMILES string of the molecule is C[C@]1(c2ccccc2)OCCC2=c3ccccc3=NC21. The molecule has 2 aliphatic rings. The first kappa shape index (κ1) is 11.9. The van der Waals surface area contributed by atoms with Gasteiger partial charge < -0.3 is 4.74 Å². The molecule has 2 heterocycles. The highest BCUT2D eigenvalue weighted by atomic mass is 16.5. The highest BCUT2D eigenvalue weighted by molar-refractivity contribution is 5.58. The van der Waals surface area contributed by atoms with Crippen LogP contribution in [0.3, 0.4) is 0 Å². The van der Waals surface area contributed by atoms with Crippen LogP contribution >= 0.6 is 0 Å². The third-order valence-corrected chi connectivity index (χ3v) is 4.49. The number of fused-ring (bicyclic) bond motifs is 2. The number of ether oxygens (including phenoxy) is 1. The summed E-state index contributed by atoms with van der Waals surface area (Å²) in [6.45, 7) is 2.93. The second kappa shape index (κ2) is 4.29. The molecule has 0 amide bonds. The van der Waals surface area contributed by atoms with Crippen molar-refractivity contribution in [3.63, 3.8) is 0 Å². The van der Waals surface area contributed by atoms with Gasteiger partial charge in [0.2, 0.25) is 0 Å². The fraction of sp³-hybridized carbons (Fsp3) is 0.278. The van der Waals surface area contributed by atoms with Gasteiger partial charge in [-0.25, -0.2) is 0 Å². The average Bonchev–Trinajstić information content (AvgIpc) is 2.89. The number of hydrogen-bond donors (Lipinski definition) is 0. The van der Waals surface area contributed by atoms with Crippen LogP contribution in [0, 0.1) is 0 Å². The normalized spacial score (nSPS) is 27.6. The lowest BCUT2D eigenvalue weighted by Crippen LogP contribution is -2.43. The minimum Gasteiger partial charge on any atom is -0.368 e. The van der Waals surface area contributed by atoms with Crippen molar-refractivity contribution in [1.29, 1.82) is 0 Å². The smallest absolute Gasteiger partial charge is 0.116 e. The van der Waals surface area contributed by atoms with Crippen LogP contribution in [0.5, 0.6) is 0 Å². The zero-order chi connectivity index (χ0) is 13.6. The Morgan fingerprint density at radius 3 is 2.65 bits per heavy atom. The van der Waals surface area contributed by atoms with Crippen LogP contribution in [0.15, 0.2) is 59.6 Å². The van der Waals surface area contributed by atoms with Crippen LogP contribution in [0.4, 0.5) is 0 Å². The van der Waals surface area contributed by atoms with Gasteiger partial charge in [0.25, 0.3) is 0 Å². The Labute approximate surface area is 118 Å². The molecule has 0 spiro atoms. The lowest BCUT2D eigenvalue weighted by atomic mass is 9.81. The molecule has 2 aromatic rings. The third-order valence-electron chi connectivity index (χ3n) is 4.49. The van der Waals surface area contributed by atoms with E-state index in [0.29, 0.717) is 0 Å². The van der Waals surface area contributed by atoms with Gasteiger partial charge in [0.1, 0.15) is 11.6 Å². The summed E-state index contributed by atoms with van der Waals surface area (Å²) < 4.78 is 6.18. The molecule has 4 rings (SSSR count). The first-order chi connectivity index (χ1) is 9.79. The molecule has 1 unspecified atom stereocenters. The molecule has 1 saturated heterocycles. The monoisotopic (exact) mass is 263 g/mol. The summed E-state index contributed by atoms with van der Waals surface area (Å²) in [5.41, 5.74) is 2.28. The van der Waals surface area contributed by atoms with Crippen molar-refractivity contribution < 1.29 is 4.74 Å². The molecular weight excluding hydrogens is 246 g/mol. The van der Waals surface area contributed by atoms with Gasteiger partial charge in [-0.15, -0.1) is 0 Å². The van der Waals surface area contributed by atoms with E-state index >= 15 is 0 Å². The van der Waals surface area contributed by atoms with Crippen molar-refractivity contribution in [2.45, 2.75) is 25.0 Å². The molecule has 2 heteroatoms. The van der Waals surface area contributed by atoms with Gasteiger partial charge in [-0.05, 0) is 30.5 Å². The summed E-state index contributed by atoms with van der Waals surface area (Å²) in [5.74, 6) is 0. The average molecular weight is 263 g/mol. The van der Waals surface area contributed by atoms with E-state index in [0.717, 1.165) is 18.4 Å². The Hall–Kier alpha value is -1.93. The highest BCUT2D eigenvalue weighted by Gasteiger charge is 2.43. The van der Waals surface area contributed by atoms with E-state index in [-0.39, 0.29) is 11.6 Å². The van der Waals surface area contributed by atoms with Crippen molar-refractivity contribution in [3.05, 3.63) is 70.7 Å². The minimum absolute atomic E-state index is 0.107. The van der Waals surface area contributed by atoms with Crippen LogP contribution in [0.1, 0.15) is 18.9 Å². The number of benzene rings is 2. The summed E-state index contributed by atoms with van der Waals surface area (Å²) in [7, 11) is 0. The van der Waals surface area contributed by atoms with E-state index in [1.54, 1.807) is 0 Å². The maximum absolute atomic E-state index is 6.18. The van der Waals surface area contributed by atoms with Gasteiger partial charge >= 0.3 is 0 Å². The van der Waals surface area contributed by atoms with Crippen LogP contribution in [0.25, 0.3) is 5.57 Å². The number of nitrogens with zero attached hydrogens (tertiary/aromatic N) is 1. The fourth-order valence-corrected chi connectivity index (χ4v) is 3.41. The third kappa shape index (κ3) is 1.58. The Bertz CT molecular complexity index is 766. The van der Waals surface area contributed by atoms with Gasteiger partial charge in [-0.1, -0.05) is 48.5 Å². The molecule has 2 atom stereocenters. The van der Waals surface area contributed by atoms with Crippen LogP contribution in [0.2, 0.25) is 0 Å². The first-order valence-corrected chi connectivity index (χ1v) is 7.14. The summed E-state index contributed by atoms with van der Waals surface area (Å²) in [5, 5.41) is 2.42. The molecule has 2 aliphatic heterocycles. The quantitative estimate of drug-likeness (QED) is 0.773. The van der Waals surface area contributed by atoms with Crippen LogP contribution in [-0.2, 0) is 10.3 Å². The maximum atomic E-state index is 6.18. The molecule has 2 aromatic carbocycles. The second-order valence-electron chi connectivity index (χ2n) is 5.65. The van der Waals surface area contributed by atoms with Gasteiger partial charge in [-0.2, -0.15) is 0 Å². The predicted octanol–water partition coefficient (Wildman–Crippen LogP) is 2.17. The lowest BCUT2D eigenvalue weighted by molar-refractivity contribution is -0.0549. The van der Waals surface area contributed by atoms with Crippen LogP contribution in [-0.4, -0.2) is 12.6 Å². The highest BCUT2D eigenvalue weighted by Crippen LogP contribution is 2.40. The summed E-state index contributed by atoms with van der Waals surface area (Å²) in [4.78, 5) is 4.94. The van der Waals surface area contributed by atoms with Crippen molar-refractivity contribution in [3.8, 4) is 0 Å². The largest absolute Gasteiger partial charge is 0.368 e. The Balaban J connectivity index is 1.92. The van der Waals surface area contributed by atoms with Crippen molar-refractivity contribution >= 4 is 5.57 Å². The number of rotatable bonds is 1. The molecule has 0 saturated carbocycles. The van der Waals surface area contributed by atoms with E-state index in [2.05, 4.69) is 55.5 Å². The van der Waals surface area contributed by atoms with E-state index < -0.39 is 0 Å². The van der Waals surface area contributed by atoms with Crippen molar-refractivity contribution in [1.82, 2.24) is 0 Å². The van der Waals surface area contributed by atoms with Gasteiger partial charge in [0.15, 0.2) is 0 Å². The molecule has 0 N–H and O–H groups in total. The summed E-state index contributed by atoms with van der Waals surface area (Å²) >= 11 is 0. The fourth-order valence-electron chi connectivity index (χ4n) is 3.41. The van der Waals surface area contributed by atoms with E-state index in [9.17, 15) is 0 Å². The molecular formula is C18H17NO. The predicted molar refractivity (Wildman–Crippen MR) is 78.8 cm³/mol. The molecule has 20 heavy (non-hydrogen) atoms. The van der Waals surface area contributed by atoms with Gasteiger partial charge in [-0.3, -0.25) is 4.99 Å². The standard InChI is InChI=1S/C18H17NO/c1-18(13-7-3-2-4-8-13)17-15(11-12-20-18)14-9-5-6-10-16(14)19-17/h2-10,17H,11-12H2,1H3/t17?,18-/m1/s1. The molecule has 0 aliphatic carbocycles. The Morgan fingerprint density at radius 2 is 1.80 bits per heavy atom. The van der Waals surface area contributed by atoms with Gasteiger partial charge in [0.05, 0.1) is 12.0 Å². The maximum Gasteiger partial charge on any atom is 0.116 e. The van der Waals surface area contributed by atoms with E-state index in [1.165, 1.54) is 16.4 Å². The molecule has 2 nitrogen and oxygen atoms in total. The summed E-state index contributed by atoms with van der Waals surface area (Å²) in [6.07, 6.45) is 0.980. The molecule has 0 aromatic heterocycles. The minimum atomic E-state index is -0.353. The zero-order valence-corrected chi connectivity index (χ0v) is 11.5. The topological polar surface area (TPSA) is 21.6 Å². The second-order valence-corrected chi connectivity index (χ2v) is 5.65. The molecule has 0 bridgehead atoms. The van der Waals surface area contributed by atoms with E-state index in [4.69, 9.17) is 9.73 Å². The van der Waals surface area contributed by atoms with Crippen LogP contribution < -0.4 is 10.6 Å². The molecule has 0 radical (unpaired) electrons. The van der Waals surface area contributed by atoms with Gasteiger partial charge in [0, 0.05) is 5.22 Å². The zero-order valence-electron chi connectivity index (χ0n) is 11.5. The molecule has 1 fully saturated rings. The van der Waals surface area contributed by atoms with E-state index in [1.807, 2.05) is 6.07 Å². The van der Waals surface area contributed by atoms with Crippen molar-refractivity contribution in [2.24, 2.45) is 4.99 Å².